The van der Waals surface area contributed by atoms with Gasteiger partial charge in [0.15, 0.2) is 0 Å². The van der Waals surface area contributed by atoms with E-state index in [1.807, 2.05) is 30.7 Å². The topological polar surface area (TPSA) is 63.6 Å². The molecule has 0 spiro atoms. The van der Waals surface area contributed by atoms with Crippen molar-refractivity contribution in [2.24, 2.45) is 0 Å². The Morgan fingerprint density at radius 3 is 3.00 bits per heavy atom. The Morgan fingerprint density at radius 2 is 2.29 bits per heavy atom. The molecule has 21 heavy (non-hydrogen) atoms. The molecular weight excluding hydrogens is 270 g/mol. The normalized spacial score (nSPS) is 18.0. The molecule has 0 radical (unpaired) electrons. The fourth-order valence-corrected chi connectivity index (χ4v) is 2.38. The largest absolute Gasteiger partial charge is 0.379 e. The van der Waals surface area contributed by atoms with E-state index in [0.717, 1.165) is 6.42 Å². The van der Waals surface area contributed by atoms with Crippen molar-refractivity contribution in [3.8, 4) is 0 Å². The second-order valence-electron chi connectivity index (χ2n) is 5.54. The molecule has 0 aromatic carbocycles. The van der Waals surface area contributed by atoms with E-state index in [9.17, 15) is 9.59 Å². The smallest absolute Gasteiger partial charge is 0.270 e. The molecule has 2 heterocycles. The van der Waals surface area contributed by atoms with Gasteiger partial charge in [-0.15, -0.1) is 0 Å². The van der Waals surface area contributed by atoms with Gasteiger partial charge in [0.1, 0.15) is 11.7 Å². The third-order valence-electron chi connectivity index (χ3n) is 3.58. The number of fused-ring (bicyclic) bond motifs is 1. The van der Waals surface area contributed by atoms with Crippen LogP contribution in [0.2, 0.25) is 0 Å². The van der Waals surface area contributed by atoms with Crippen LogP contribution in [0.15, 0.2) is 18.3 Å². The van der Waals surface area contributed by atoms with Gasteiger partial charge in [0.25, 0.3) is 5.91 Å². The zero-order valence-corrected chi connectivity index (χ0v) is 12.8. The van der Waals surface area contributed by atoms with Gasteiger partial charge in [-0.05, 0) is 32.4 Å². The van der Waals surface area contributed by atoms with Gasteiger partial charge in [0, 0.05) is 26.4 Å². The van der Waals surface area contributed by atoms with Gasteiger partial charge in [-0.1, -0.05) is 0 Å². The van der Waals surface area contributed by atoms with Crippen LogP contribution in [-0.4, -0.2) is 53.6 Å². The minimum absolute atomic E-state index is 0.116. The molecule has 0 fully saturated rings. The van der Waals surface area contributed by atoms with Crippen molar-refractivity contribution < 1.29 is 14.3 Å². The molecule has 1 unspecified atom stereocenters. The summed E-state index contributed by atoms with van der Waals surface area (Å²) in [6.07, 6.45) is 2.80. The molecule has 0 bridgehead atoms. The highest BCUT2D eigenvalue weighted by Crippen LogP contribution is 2.16. The molecule has 1 N–H and O–H groups in total. The van der Waals surface area contributed by atoms with Crippen molar-refractivity contribution in [1.29, 1.82) is 0 Å². The maximum Gasteiger partial charge on any atom is 0.270 e. The van der Waals surface area contributed by atoms with Gasteiger partial charge in [-0.3, -0.25) is 9.59 Å². The summed E-state index contributed by atoms with van der Waals surface area (Å²) >= 11 is 0. The van der Waals surface area contributed by atoms with E-state index < -0.39 is 6.04 Å². The van der Waals surface area contributed by atoms with Crippen LogP contribution in [0.1, 0.15) is 30.8 Å². The van der Waals surface area contributed by atoms with Crippen molar-refractivity contribution >= 4 is 11.8 Å². The molecule has 116 valence electrons. The number of hydrogen-bond acceptors (Lipinski definition) is 3. The highest BCUT2D eigenvalue weighted by Gasteiger charge is 2.33. The van der Waals surface area contributed by atoms with Crippen LogP contribution in [0.5, 0.6) is 0 Å². The summed E-state index contributed by atoms with van der Waals surface area (Å²) in [5.74, 6) is -0.232. The molecular formula is C15H23N3O3. The van der Waals surface area contributed by atoms with Gasteiger partial charge in [-0.25, -0.2) is 0 Å². The van der Waals surface area contributed by atoms with Gasteiger partial charge < -0.3 is 19.5 Å². The van der Waals surface area contributed by atoms with Crippen LogP contribution < -0.4 is 5.32 Å². The zero-order chi connectivity index (χ0) is 15.4. The number of amides is 2. The molecule has 1 aromatic heterocycles. The fraction of sp³-hybridized carbons (Fsp3) is 0.600. The van der Waals surface area contributed by atoms with Gasteiger partial charge in [0.05, 0.1) is 12.6 Å². The molecule has 2 amide bonds. The van der Waals surface area contributed by atoms with Crippen molar-refractivity contribution in [2.75, 3.05) is 20.2 Å². The summed E-state index contributed by atoms with van der Waals surface area (Å²) in [6, 6.07) is 3.14. The maximum absolute atomic E-state index is 12.2. The van der Waals surface area contributed by atoms with E-state index in [4.69, 9.17) is 4.74 Å². The number of nitrogens with one attached hydrogen (secondary N) is 1. The number of likely N-dealkylation sites (N-methyl/N-ethyl adjacent to an activating group) is 1. The first-order valence-corrected chi connectivity index (χ1v) is 7.32. The first-order valence-electron chi connectivity index (χ1n) is 7.32. The number of carbonyl (C=O) groups excluding carboxylic acids is 2. The van der Waals surface area contributed by atoms with Crippen molar-refractivity contribution in [1.82, 2.24) is 14.8 Å². The first kappa shape index (κ1) is 15.6. The second kappa shape index (κ2) is 6.76. The summed E-state index contributed by atoms with van der Waals surface area (Å²) in [5.41, 5.74) is 0.631. The minimum atomic E-state index is -0.455. The standard InChI is InChI=1S/C15H23N3O3/c1-11(2)21-9-5-7-16-14(19)13-10-18-8-4-6-12(18)15(20)17(13)3/h4,6,8,11,13H,5,7,9-10H2,1-3H3,(H,16,19). The highest BCUT2D eigenvalue weighted by atomic mass is 16.5. The maximum atomic E-state index is 12.2. The predicted molar refractivity (Wildman–Crippen MR) is 79.0 cm³/mol. The van der Waals surface area contributed by atoms with Crippen LogP contribution in [-0.2, 0) is 16.1 Å². The third-order valence-corrected chi connectivity index (χ3v) is 3.58. The molecule has 1 aliphatic heterocycles. The zero-order valence-electron chi connectivity index (χ0n) is 12.8. The van der Waals surface area contributed by atoms with Crippen LogP contribution in [0.4, 0.5) is 0 Å². The summed E-state index contributed by atoms with van der Waals surface area (Å²) in [5, 5.41) is 2.87. The Labute approximate surface area is 125 Å². The summed E-state index contributed by atoms with van der Waals surface area (Å²) in [4.78, 5) is 25.9. The van der Waals surface area contributed by atoms with E-state index in [2.05, 4.69) is 5.32 Å². The lowest BCUT2D eigenvalue weighted by molar-refractivity contribution is -0.126. The number of rotatable bonds is 6. The molecule has 1 atom stereocenters. The second-order valence-corrected chi connectivity index (χ2v) is 5.54. The minimum Gasteiger partial charge on any atom is -0.379 e. The summed E-state index contributed by atoms with van der Waals surface area (Å²) in [7, 11) is 1.67. The third kappa shape index (κ3) is 3.64. The molecule has 0 saturated carbocycles. The van der Waals surface area contributed by atoms with Crippen LogP contribution in [0.3, 0.4) is 0 Å². The average molecular weight is 293 g/mol. The number of aromatic nitrogens is 1. The first-order chi connectivity index (χ1) is 10.0. The number of hydrogen-bond donors (Lipinski definition) is 1. The van der Waals surface area contributed by atoms with Crippen molar-refractivity contribution in [3.63, 3.8) is 0 Å². The lowest BCUT2D eigenvalue weighted by Gasteiger charge is -2.32. The van der Waals surface area contributed by atoms with E-state index in [1.54, 1.807) is 13.1 Å². The van der Waals surface area contributed by atoms with Crippen LogP contribution in [0, 0.1) is 0 Å². The lowest BCUT2D eigenvalue weighted by atomic mass is 10.1. The van der Waals surface area contributed by atoms with E-state index >= 15 is 0 Å². The Morgan fingerprint density at radius 1 is 1.52 bits per heavy atom. The molecule has 0 aliphatic carbocycles. The average Bonchev–Trinajstić information content (AvgIpc) is 2.90. The van der Waals surface area contributed by atoms with Crippen LogP contribution in [0.25, 0.3) is 0 Å². The molecule has 1 aliphatic rings. The Hall–Kier alpha value is -1.82. The van der Waals surface area contributed by atoms with E-state index in [0.29, 0.717) is 25.4 Å². The van der Waals surface area contributed by atoms with E-state index in [1.165, 1.54) is 4.90 Å². The van der Waals surface area contributed by atoms with Crippen LogP contribution >= 0.6 is 0 Å². The summed E-state index contributed by atoms with van der Waals surface area (Å²) in [6.45, 7) is 5.65. The SMILES string of the molecule is CC(C)OCCCNC(=O)C1Cn2cccc2C(=O)N1C. The number of nitrogens with zero attached hydrogens (tertiary/aromatic N) is 2. The van der Waals surface area contributed by atoms with Gasteiger partial charge in [-0.2, -0.15) is 0 Å². The van der Waals surface area contributed by atoms with Gasteiger partial charge in [0.2, 0.25) is 5.91 Å². The molecule has 2 rings (SSSR count). The Kier molecular flexibility index (Phi) is 5.01. The van der Waals surface area contributed by atoms with Crippen molar-refractivity contribution in [3.05, 3.63) is 24.0 Å². The molecule has 6 nitrogen and oxygen atoms in total. The Bertz CT molecular complexity index is 510. The summed E-state index contributed by atoms with van der Waals surface area (Å²) < 4.78 is 7.25. The quantitative estimate of drug-likeness (QED) is 0.792. The Balaban J connectivity index is 1.84. The van der Waals surface area contributed by atoms with Crippen molar-refractivity contribution in [2.45, 2.75) is 39.0 Å². The fourth-order valence-electron chi connectivity index (χ4n) is 2.38. The lowest BCUT2D eigenvalue weighted by Crippen LogP contribution is -2.53. The number of carbonyl (C=O) groups is 2. The molecule has 1 aromatic rings. The highest BCUT2D eigenvalue weighted by molar-refractivity contribution is 5.97. The monoisotopic (exact) mass is 293 g/mol. The van der Waals surface area contributed by atoms with E-state index in [-0.39, 0.29) is 17.9 Å². The predicted octanol–water partition coefficient (Wildman–Crippen LogP) is 0.874. The number of ether oxygens (including phenoxy) is 1. The molecule has 6 heteroatoms. The van der Waals surface area contributed by atoms with Gasteiger partial charge >= 0.3 is 0 Å². The molecule has 0 saturated heterocycles.